The van der Waals surface area contributed by atoms with Crippen LogP contribution in [0.1, 0.15) is 28.3 Å². The molecule has 0 aliphatic carbocycles. The quantitative estimate of drug-likeness (QED) is 0.832. The van der Waals surface area contributed by atoms with E-state index in [1.165, 1.54) is 0 Å². The van der Waals surface area contributed by atoms with Crippen LogP contribution in [0.5, 0.6) is 0 Å². The summed E-state index contributed by atoms with van der Waals surface area (Å²) >= 11 is 0. The molecule has 0 aliphatic rings. The Kier molecular flexibility index (Phi) is 3.10. The van der Waals surface area contributed by atoms with Gasteiger partial charge in [0.25, 0.3) is 0 Å². The van der Waals surface area contributed by atoms with Crippen molar-refractivity contribution in [2.75, 3.05) is 6.54 Å². The molecule has 0 saturated heterocycles. The molecule has 0 saturated carbocycles. The lowest BCUT2D eigenvalue weighted by molar-refractivity contribution is 0.0693. The Hall–Kier alpha value is -1.88. The molecule has 5 heteroatoms. The van der Waals surface area contributed by atoms with Crippen LogP contribution < -0.4 is 5.73 Å². The van der Waals surface area contributed by atoms with Gasteiger partial charge in [-0.1, -0.05) is 6.07 Å². The van der Waals surface area contributed by atoms with Crippen LogP contribution in [0.3, 0.4) is 0 Å². The van der Waals surface area contributed by atoms with Gasteiger partial charge in [0.2, 0.25) is 0 Å². The van der Waals surface area contributed by atoms with Gasteiger partial charge in [-0.05, 0) is 31.5 Å². The molecule has 0 aliphatic heterocycles. The van der Waals surface area contributed by atoms with E-state index in [-0.39, 0.29) is 5.69 Å². The molecular formula is C12H15N3O2. The number of carboxylic acid groups (broad SMARTS) is 1. The molecule has 0 radical (unpaired) electrons. The SMILES string of the molecule is Cc1ccc2c(C(=O)O)nc(CCCN)n2c1. The minimum Gasteiger partial charge on any atom is -0.476 e. The highest BCUT2D eigenvalue weighted by molar-refractivity contribution is 5.93. The van der Waals surface area contributed by atoms with Crippen molar-refractivity contribution < 1.29 is 9.90 Å². The van der Waals surface area contributed by atoms with Crippen molar-refractivity contribution >= 4 is 11.5 Å². The summed E-state index contributed by atoms with van der Waals surface area (Å²) in [7, 11) is 0. The second-order valence-corrected chi connectivity index (χ2v) is 4.04. The van der Waals surface area contributed by atoms with Gasteiger partial charge in [-0.3, -0.25) is 0 Å². The zero-order valence-electron chi connectivity index (χ0n) is 9.68. The van der Waals surface area contributed by atoms with Gasteiger partial charge in [0.1, 0.15) is 5.82 Å². The van der Waals surface area contributed by atoms with Crippen molar-refractivity contribution in [1.82, 2.24) is 9.38 Å². The molecule has 0 spiro atoms. The number of nitrogens with zero attached hydrogens (tertiary/aromatic N) is 2. The summed E-state index contributed by atoms with van der Waals surface area (Å²) in [6.45, 7) is 2.54. The van der Waals surface area contributed by atoms with Crippen molar-refractivity contribution in [3.63, 3.8) is 0 Å². The van der Waals surface area contributed by atoms with Crippen LogP contribution in [0.15, 0.2) is 18.3 Å². The lowest BCUT2D eigenvalue weighted by atomic mass is 10.2. The average molecular weight is 233 g/mol. The van der Waals surface area contributed by atoms with Gasteiger partial charge >= 0.3 is 5.97 Å². The molecule has 5 nitrogen and oxygen atoms in total. The van der Waals surface area contributed by atoms with Crippen LogP contribution in [0.4, 0.5) is 0 Å². The fourth-order valence-electron chi connectivity index (χ4n) is 1.85. The van der Waals surface area contributed by atoms with Crippen LogP contribution in [0, 0.1) is 6.92 Å². The van der Waals surface area contributed by atoms with Crippen molar-refractivity contribution in [2.45, 2.75) is 19.8 Å². The molecule has 2 aromatic rings. The monoisotopic (exact) mass is 233 g/mol. The summed E-state index contributed by atoms with van der Waals surface area (Å²) in [6, 6.07) is 3.67. The highest BCUT2D eigenvalue weighted by atomic mass is 16.4. The number of hydrogen-bond acceptors (Lipinski definition) is 3. The first-order chi connectivity index (χ1) is 8.13. The maximum Gasteiger partial charge on any atom is 0.356 e. The summed E-state index contributed by atoms with van der Waals surface area (Å²) in [5.74, 6) is -0.239. The first-order valence-electron chi connectivity index (χ1n) is 5.54. The van der Waals surface area contributed by atoms with Crippen molar-refractivity contribution in [3.8, 4) is 0 Å². The van der Waals surface area contributed by atoms with E-state index in [0.29, 0.717) is 18.5 Å². The van der Waals surface area contributed by atoms with Gasteiger partial charge in [0.15, 0.2) is 5.69 Å². The van der Waals surface area contributed by atoms with Gasteiger partial charge in [-0.15, -0.1) is 0 Å². The van der Waals surface area contributed by atoms with Gasteiger partial charge in [-0.25, -0.2) is 9.78 Å². The highest BCUT2D eigenvalue weighted by Crippen LogP contribution is 2.15. The molecule has 3 N–H and O–H groups in total. The Morgan fingerprint density at radius 2 is 2.29 bits per heavy atom. The molecule has 0 bridgehead atoms. The second kappa shape index (κ2) is 4.55. The Morgan fingerprint density at radius 3 is 2.94 bits per heavy atom. The normalized spacial score (nSPS) is 10.9. The van der Waals surface area contributed by atoms with E-state index in [2.05, 4.69) is 4.98 Å². The molecule has 0 atom stereocenters. The third kappa shape index (κ3) is 2.14. The molecule has 2 aromatic heterocycles. The zero-order chi connectivity index (χ0) is 12.4. The number of pyridine rings is 1. The number of aromatic carboxylic acids is 1. The van der Waals surface area contributed by atoms with Crippen molar-refractivity contribution in [2.24, 2.45) is 5.73 Å². The standard InChI is InChI=1S/C12H15N3O2/c1-8-4-5-9-11(12(16)17)14-10(3-2-6-13)15(9)7-8/h4-5,7H,2-3,6,13H2,1H3,(H,16,17). The van der Waals surface area contributed by atoms with Gasteiger partial charge in [0, 0.05) is 12.6 Å². The van der Waals surface area contributed by atoms with Gasteiger partial charge < -0.3 is 15.2 Å². The Balaban J connectivity index is 2.58. The third-order valence-electron chi connectivity index (χ3n) is 2.67. The van der Waals surface area contributed by atoms with Crippen LogP contribution >= 0.6 is 0 Å². The number of aryl methyl sites for hydroxylation is 2. The topological polar surface area (TPSA) is 80.6 Å². The van der Waals surface area contributed by atoms with E-state index in [4.69, 9.17) is 10.8 Å². The molecule has 90 valence electrons. The Bertz CT molecular complexity index is 560. The Labute approximate surface area is 98.9 Å². The van der Waals surface area contributed by atoms with E-state index >= 15 is 0 Å². The smallest absolute Gasteiger partial charge is 0.356 e. The summed E-state index contributed by atoms with van der Waals surface area (Å²) in [4.78, 5) is 15.3. The second-order valence-electron chi connectivity index (χ2n) is 4.04. The van der Waals surface area contributed by atoms with E-state index in [1.54, 1.807) is 6.07 Å². The van der Waals surface area contributed by atoms with E-state index in [1.807, 2.05) is 23.6 Å². The summed E-state index contributed by atoms with van der Waals surface area (Å²) in [6.07, 6.45) is 3.39. The van der Waals surface area contributed by atoms with Crippen LogP contribution in [-0.2, 0) is 6.42 Å². The lowest BCUT2D eigenvalue weighted by Gasteiger charge is -2.01. The molecule has 0 aromatic carbocycles. The van der Waals surface area contributed by atoms with Crippen molar-refractivity contribution in [3.05, 3.63) is 35.4 Å². The van der Waals surface area contributed by atoms with E-state index in [9.17, 15) is 4.79 Å². The number of imidazole rings is 1. The summed E-state index contributed by atoms with van der Waals surface area (Å²) in [5, 5.41) is 9.09. The maximum atomic E-state index is 11.1. The summed E-state index contributed by atoms with van der Waals surface area (Å²) in [5.41, 5.74) is 7.28. The van der Waals surface area contributed by atoms with Crippen LogP contribution in [-0.4, -0.2) is 27.0 Å². The van der Waals surface area contributed by atoms with E-state index < -0.39 is 5.97 Å². The molecular weight excluding hydrogens is 218 g/mol. The molecule has 0 amide bonds. The number of carboxylic acids is 1. The molecule has 0 unspecified atom stereocenters. The molecule has 2 heterocycles. The summed E-state index contributed by atoms with van der Waals surface area (Å²) < 4.78 is 1.84. The van der Waals surface area contributed by atoms with E-state index in [0.717, 1.165) is 17.8 Å². The minimum absolute atomic E-state index is 0.108. The number of rotatable bonds is 4. The Morgan fingerprint density at radius 1 is 1.53 bits per heavy atom. The molecule has 2 rings (SSSR count). The first kappa shape index (κ1) is 11.6. The fourth-order valence-corrected chi connectivity index (χ4v) is 1.85. The van der Waals surface area contributed by atoms with Gasteiger partial charge in [-0.2, -0.15) is 0 Å². The van der Waals surface area contributed by atoms with Crippen LogP contribution in [0.25, 0.3) is 5.52 Å². The minimum atomic E-state index is -0.995. The predicted octanol–water partition coefficient (Wildman–Crippen LogP) is 1.23. The first-order valence-corrected chi connectivity index (χ1v) is 5.54. The number of fused-ring (bicyclic) bond motifs is 1. The number of hydrogen-bond donors (Lipinski definition) is 2. The average Bonchev–Trinajstić information content (AvgIpc) is 2.64. The number of nitrogens with two attached hydrogens (primary N) is 1. The third-order valence-corrected chi connectivity index (χ3v) is 2.67. The predicted molar refractivity (Wildman–Crippen MR) is 64.3 cm³/mol. The maximum absolute atomic E-state index is 11.1. The molecule has 0 fully saturated rings. The van der Waals surface area contributed by atoms with Crippen LogP contribution in [0.2, 0.25) is 0 Å². The number of carbonyl (C=O) groups is 1. The lowest BCUT2D eigenvalue weighted by Crippen LogP contribution is -2.03. The van der Waals surface area contributed by atoms with Gasteiger partial charge in [0.05, 0.1) is 5.52 Å². The van der Waals surface area contributed by atoms with Crippen molar-refractivity contribution in [1.29, 1.82) is 0 Å². The highest BCUT2D eigenvalue weighted by Gasteiger charge is 2.15. The number of aromatic nitrogens is 2. The zero-order valence-corrected chi connectivity index (χ0v) is 9.68. The molecule has 17 heavy (non-hydrogen) atoms. The fraction of sp³-hybridized carbons (Fsp3) is 0.333. The largest absolute Gasteiger partial charge is 0.476 e.